The van der Waals surface area contributed by atoms with Gasteiger partial charge in [0.2, 0.25) is 0 Å². The molecule has 1 rings (SSSR count). The topological polar surface area (TPSA) is 106 Å². The lowest BCUT2D eigenvalue weighted by molar-refractivity contribution is -0.533. The highest BCUT2D eigenvalue weighted by Gasteiger charge is 2.28. The van der Waals surface area contributed by atoms with Crippen molar-refractivity contribution in [2.24, 2.45) is 0 Å². The molecule has 0 aromatic rings. The molecule has 4 N–H and O–H groups in total. The first-order chi connectivity index (χ1) is 6.09. The minimum Gasteiger partial charge on any atom is -0.266 e. The third kappa shape index (κ3) is 3.34. The standard InChI is InChI=1S/C5H10N2O6/c8-6(9)12-4-2-1-3-5(4)13-7(10)11/h1-2,4-5,8-11H,3H2. The van der Waals surface area contributed by atoms with Crippen LogP contribution in [0.1, 0.15) is 6.42 Å². The van der Waals surface area contributed by atoms with Crippen LogP contribution < -0.4 is 0 Å². The molecule has 0 spiro atoms. The summed E-state index contributed by atoms with van der Waals surface area (Å²) in [4.78, 5) is 8.84. The summed E-state index contributed by atoms with van der Waals surface area (Å²) in [5.41, 5.74) is 0. The Bertz CT molecular complexity index is 184. The van der Waals surface area contributed by atoms with E-state index in [0.717, 1.165) is 0 Å². The third-order valence-electron chi connectivity index (χ3n) is 1.51. The zero-order valence-electron chi connectivity index (χ0n) is 6.52. The molecule has 0 saturated carbocycles. The predicted molar refractivity (Wildman–Crippen MR) is 34.3 cm³/mol. The summed E-state index contributed by atoms with van der Waals surface area (Å²) in [6.07, 6.45) is 2.01. The predicted octanol–water partition coefficient (Wildman–Crippen LogP) is -0.292. The maximum atomic E-state index is 8.31. The van der Waals surface area contributed by atoms with Crippen molar-refractivity contribution in [1.82, 2.24) is 10.8 Å². The number of nitrogens with zero attached hydrogens (tertiary/aromatic N) is 2. The molecule has 2 atom stereocenters. The molecule has 0 fully saturated rings. The number of hydrogen-bond acceptors (Lipinski definition) is 8. The fraction of sp³-hybridized carbons (Fsp3) is 0.600. The van der Waals surface area contributed by atoms with Gasteiger partial charge in [0.25, 0.3) is 0 Å². The average Bonchev–Trinajstić information content (AvgIpc) is 2.34. The van der Waals surface area contributed by atoms with Gasteiger partial charge in [-0.2, -0.15) is 0 Å². The van der Waals surface area contributed by atoms with Gasteiger partial charge in [0.1, 0.15) is 12.2 Å². The Morgan fingerprint density at radius 3 is 2.23 bits per heavy atom. The molecule has 0 bridgehead atoms. The molecule has 8 heteroatoms. The van der Waals surface area contributed by atoms with Crippen molar-refractivity contribution in [2.45, 2.75) is 18.6 Å². The van der Waals surface area contributed by atoms with Gasteiger partial charge in [-0.25, -0.2) is 9.68 Å². The van der Waals surface area contributed by atoms with Crippen LogP contribution in [0.4, 0.5) is 0 Å². The molecule has 0 amide bonds. The molecule has 13 heavy (non-hydrogen) atoms. The van der Waals surface area contributed by atoms with E-state index in [4.69, 9.17) is 20.8 Å². The van der Waals surface area contributed by atoms with Crippen molar-refractivity contribution in [1.29, 1.82) is 0 Å². The number of hydrogen-bond donors (Lipinski definition) is 4. The molecule has 0 heterocycles. The second-order valence-electron chi connectivity index (χ2n) is 2.38. The highest BCUT2D eigenvalue weighted by atomic mass is 17.1. The molecule has 0 aromatic carbocycles. The smallest absolute Gasteiger partial charge is 0.131 e. The Balaban J connectivity index is 2.38. The van der Waals surface area contributed by atoms with E-state index < -0.39 is 23.0 Å². The summed E-state index contributed by atoms with van der Waals surface area (Å²) in [5.74, 6) is 0. The van der Waals surface area contributed by atoms with E-state index in [1.807, 2.05) is 0 Å². The Morgan fingerprint density at radius 1 is 1.08 bits per heavy atom. The van der Waals surface area contributed by atoms with Gasteiger partial charge in [0.15, 0.2) is 0 Å². The second-order valence-corrected chi connectivity index (χ2v) is 2.38. The molecule has 1 aliphatic rings. The van der Waals surface area contributed by atoms with E-state index >= 15 is 0 Å². The summed E-state index contributed by atoms with van der Waals surface area (Å²) in [7, 11) is 0. The van der Waals surface area contributed by atoms with Crippen molar-refractivity contribution in [3.8, 4) is 0 Å². The molecule has 76 valence electrons. The molecule has 0 saturated heterocycles. The van der Waals surface area contributed by atoms with E-state index in [0.29, 0.717) is 6.42 Å². The summed E-state index contributed by atoms with van der Waals surface area (Å²) in [6.45, 7) is 0. The minimum atomic E-state index is -0.781. The van der Waals surface area contributed by atoms with Gasteiger partial charge in [0, 0.05) is 0 Å². The number of rotatable bonds is 4. The Hall–Kier alpha value is -0.580. The van der Waals surface area contributed by atoms with Crippen molar-refractivity contribution in [3.63, 3.8) is 0 Å². The van der Waals surface area contributed by atoms with Crippen LogP contribution in [-0.4, -0.2) is 43.8 Å². The molecular formula is C5H10N2O6. The van der Waals surface area contributed by atoms with Crippen molar-refractivity contribution in [3.05, 3.63) is 12.2 Å². The van der Waals surface area contributed by atoms with Crippen LogP contribution in [0.5, 0.6) is 0 Å². The van der Waals surface area contributed by atoms with E-state index in [9.17, 15) is 0 Å². The van der Waals surface area contributed by atoms with Crippen molar-refractivity contribution < 1.29 is 30.5 Å². The van der Waals surface area contributed by atoms with Crippen LogP contribution in [0.2, 0.25) is 0 Å². The van der Waals surface area contributed by atoms with Gasteiger partial charge in [-0.3, -0.25) is 20.8 Å². The SMILES string of the molecule is ON(O)OC1C=CCC1ON(O)O. The van der Waals surface area contributed by atoms with E-state index in [2.05, 4.69) is 9.68 Å². The quantitative estimate of drug-likeness (QED) is 0.357. The Kier molecular flexibility index (Phi) is 3.71. The lowest BCUT2D eigenvalue weighted by Crippen LogP contribution is -2.35. The van der Waals surface area contributed by atoms with Gasteiger partial charge >= 0.3 is 0 Å². The highest BCUT2D eigenvalue weighted by Crippen LogP contribution is 2.18. The Morgan fingerprint density at radius 2 is 1.69 bits per heavy atom. The summed E-state index contributed by atoms with van der Waals surface area (Å²) in [5, 5.41) is 32.3. The first-order valence-corrected chi connectivity index (χ1v) is 3.45. The monoisotopic (exact) mass is 194 g/mol. The summed E-state index contributed by atoms with van der Waals surface area (Å²) in [6, 6.07) is 0. The fourth-order valence-corrected chi connectivity index (χ4v) is 1.04. The minimum absolute atomic E-state index is 0.371. The van der Waals surface area contributed by atoms with Gasteiger partial charge in [-0.1, -0.05) is 12.2 Å². The van der Waals surface area contributed by atoms with Gasteiger partial charge in [0.05, 0.1) is 10.8 Å². The average molecular weight is 194 g/mol. The third-order valence-corrected chi connectivity index (χ3v) is 1.51. The van der Waals surface area contributed by atoms with E-state index in [1.54, 1.807) is 6.08 Å². The summed E-state index contributed by atoms with van der Waals surface area (Å²) >= 11 is 0. The van der Waals surface area contributed by atoms with Crippen molar-refractivity contribution >= 4 is 0 Å². The molecule has 1 aliphatic carbocycles. The first kappa shape index (κ1) is 10.5. The maximum Gasteiger partial charge on any atom is 0.131 e. The second kappa shape index (κ2) is 4.60. The van der Waals surface area contributed by atoms with Gasteiger partial charge < -0.3 is 0 Å². The van der Waals surface area contributed by atoms with Crippen molar-refractivity contribution in [2.75, 3.05) is 0 Å². The zero-order valence-corrected chi connectivity index (χ0v) is 6.52. The largest absolute Gasteiger partial charge is 0.266 e. The van der Waals surface area contributed by atoms with Crippen LogP contribution >= 0.6 is 0 Å². The molecule has 0 aliphatic heterocycles. The fourth-order valence-electron chi connectivity index (χ4n) is 1.04. The lowest BCUT2D eigenvalue weighted by Gasteiger charge is -2.20. The lowest BCUT2D eigenvalue weighted by atomic mass is 10.2. The van der Waals surface area contributed by atoms with Crippen LogP contribution in [0.25, 0.3) is 0 Å². The Labute approximate surface area is 73.2 Å². The zero-order chi connectivity index (χ0) is 9.84. The highest BCUT2D eigenvalue weighted by molar-refractivity contribution is 5.03. The van der Waals surface area contributed by atoms with Crippen LogP contribution in [0, 0.1) is 0 Å². The molecule has 0 radical (unpaired) electrons. The first-order valence-electron chi connectivity index (χ1n) is 3.45. The van der Waals surface area contributed by atoms with E-state index in [-0.39, 0.29) is 0 Å². The maximum absolute atomic E-state index is 8.31. The molecular weight excluding hydrogens is 184 g/mol. The summed E-state index contributed by atoms with van der Waals surface area (Å²) < 4.78 is 0. The van der Waals surface area contributed by atoms with E-state index in [1.165, 1.54) is 6.08 Å². The van der Waals surface area contributed by atoms with Gasteiger partial charge in [-0.05, 0) is 6.42 Å². The normalized spacial score (nSPS) is 27.8. The molecule has 0 aromatic heterocycles. The van der Waals surface area contributed by atoms with Crippen LogP contribution in [-0.2, 0) is 9.68 Å². The molecule has 2 unspecified atom stereocenters. The van der Waals surface area contributed by atoms with Crippen LogP contribution in [0.15, 0.2) is 12.2 Å². The van der Waals surface area contributed by atoms with Gasteiger partial charge in [-0.15, -0.1) is 0 Å². The molecule has 8 nitrogen and oxygen atoms in total. The van der Waals surface area contributed by atoms with Crippen LogP contribution in [0.3, 0.4) is 0 Å².